The second-order valence-corrected chi connectivity index (χ2v) is 7.79. The van der Waals surface area contributed by atoms with Crippen LogP contribution < -0.4 is 5.32 Å². The smallest absolute Gasteiger partial charge is 0.234 e. The van der Waals surface area contributed by atoms with Gasteiger partial charge in [0.25, 0.3) is 0 Å². The number of carbonyl (C=O) groups excluding carboxylic acids is 1. The van der Waals surface area contributed by atoms with Crippen molar-refractivity contribution in [2.24, 2.45) is 0 Å². The van der Waals surface area contributed by atoms with E-state index in [2.05, 4.69) is 37.4 Å². The van der Waals surface area contributed by atoms with E-state index in [1.807, 2.05) is 48.3 Å². The molecule has 0 saturated heterocycles. The van der Waals surface area contributed by atoms with Gasteiger partial charge < -0.3 is 5.32 Å². The highest BCUT2D eigenvalue weighted by Gasteiger charge is 2.18. The molecule has 2 atom stereocenters. The average Bonchev–Trinajstić information content (AvgIpc) is 3.10. The first kappa shape index (κ1) is 18.5. The number of amides is 1. The first-order chi connectivity index (χ1) is 12.5. The van der Waals surface area contributed by atoms with Crippen LogP contribution in [0, 0.1) is 0 Å². The van der Waals surface area contributed by atoms with Crippen molar-refractivity contribution in [1.29, 1.82) is 0 Å². The van der Waals surface area contributed by atoms with Gasteiger partial charge in [0.2, 0.25) is 5.91 Å². The highest BCUT2D eigenvalue weighted by atomic mass is 32.1. The molecular weight excluding hydrogens is 342 g/mol. The third-order valence-corrected chi connectivity index (χ3v) is 5.90. The van der Waals surface area contributed by atoms with E-state index in [9.17, 15) is 4.79 Å². The molecule has 1 aromatic heterocycles. The number of benzene rings is 2. The minimum atomic E-state index is 0.0447. The molecular formula is C21H25N3OS. The van der Waals surface area contributed by atoms with Crippen LogP contribution in [0.3, 0.4) is 0 Å². The van der Waals surface area contributed by atoms with E-state index in [0.29, 0.717) is 19.0 Å². The molecule has 3 rings (SSSR count). The summed E-state index contributed by atoms with van der Waals surface area (Å²) in [6.07, 6.45) is 0. The Bertz CT molecular complexity index is 829. The Kier molecular flexibility index (Phi) is 6.01. The number of likely N-dealkylation sites (N-methyl/N-ethyl adjacent to an activating group) is 1. The predicted octanol–water partition coefficient (Wildman–Crippen LogP) is 4.21. The van der Waals surface area contributed by atoms with Crippen LogP contribution in [0.15, 0.2) is 54.6 Å². The number of fused-ring (bicyclic) bond motifs is 1. The molecule has 0 aliphatic heterocycles. The van der Waals surface area contributed by atoms with Crippen molar-refractivity contribution in [3.63, 3.8) is 0 Å². The highest BCUT2D eigenvalue weighted by Crippen LogP contribution is 2.28. The van der Waals surface area contributed by atoms with Crippen LogP contribution in [0.5, 0.6) is 0 Å². The summed E-state index contributed by atoms with van der Waals surface area (Å²) in [5.74, 6) is 0.343. The van der Waals surface area contributed by atoms with Gasteiger partial charge in [0.1, 0.15) is 5.01 Å². The first-order valence-corrected chi connectivity index (χ1v) is 9.73. The summed E-state index contributed by atoms with van der Waals surface area (Å²) in [5.41, 5.74) is 2.26. The van der Waals surface area contributed by atoms with Crippen LogP contribution in [-0.2, 0) is 4.79 Å². The zero-order valence-electron chi connectivity index (χ0n) is 15.5. The van der Waals surface area contributed by atoms with Crippen LogP contribution in [0.25, 0.3) is 10.2 Å². The van der Waals surface area contributed by atoms with E-state index in [1.54, 1.807) is 11.3 Å². The maximum atomic E-state index is 12.3. The summed E-state index contributed by atoms with van der Waals surface area (Å²) in [6.45, 7) is 5.23. The van der Waals surface area contributed by atoms with Gasteiger partial charge in [-0.3, -0.25) is 9.69 Å². The monoisotopic (exact) mass is 367 g/mol. The van der Waals surface area contributed by atoms with E-state index in [4.69, 9.17) is 4.98 Å². The lowest BCUT2D eigenvalue weighted by Gasteiger charge is -2.22. The summed E-state index contributed by atoms with van der Waals surface area (Å²) < 4.78 is 1.18. The first-order valence-electron chi connectivity index (χ1n) is 8.92. The van der Waals surface area contributed by atoms with E-state index >= 15 is 0 Å². The lowest BCUT2D eigenvalue weighted by molar-refractivity contribution is -0.122. The van der Waals surface area contributed by atoms with E-state index in [1.165, 1.54) is 10.3 Å². The molecule has 1 amide bonds. The Morgan fingerprint density at radius 3 is 2.54 bits per heavy atom. The molecule has 0 bridgehead atoms. The molecule has 5 heteroatoms. The highest BCUT2D eigenvalue weighted by molar-refractivity contribution is 7.18. The fraction of sp³-hybridized carbons (Fsp3) is 0.333. The molecule has 0 aliphatic carbocycles. The number of hydrogen-bond donors (Lipinski definition) is 1. The van der Waals surface area contributed by atoms with Crippen molar-refractivity contribution in [2.75, 3.05) is 20.1 Å². The number of hydrogen-bond acceptors (Lipinski definition) is 4. The molecule has 0 aliphatic rings. The van der Waals surface area contributed by atoms with Crippen molar-refractivity contribution in [3.05, 3.63) is 65.2 Å². The Labute approximate surface area is 158 Å². The summed E-state index contributed by atoms with van der Waals surface area (Å²) in [6, 6.07) is 18.5. The van der Waals surface area contributed by atoms with Gasteiger partial charge in [-0.1, -0.05) is 49.4 Å². The topological polar surface area (TPSA) is 45.2 Å². The standard InChI is InChI=1S/C21H25N3OS/c1-15(17-9-5-4-6-10-17)13-22-20(25)14-24(3)16(2)21-23-18-11-7-8-12-19(18)26-21/h4-12,15-16H,13-14H2,1-3H3,(H,22,25)/t15-,16+/m1/s1. The third-order valence-electron chi connectivity index (χ3n) is 4.70. The summed E-state index contributed by atoms with van der Waals surface area (Å²) in [4.78, 5) is 19.1. The molecule has 0 radical (unpaired) electrons. The van der Waals surface area contributed by atoms with Crippen molar-refractivity contribution < 1.29 is 4.79 Å². The summed E-state index contributed by atoms with van der Waals surface area (Å²) in [5, 5.41) is 4.09. The van der Waals surface area contributed by atoms with Gasteiger partial charge in [0, 0.05) is 6.54 Å². The molecule has 0 spiro atoms. The van der Waals surface area contributed by atoms with Crippen LogP contribution in [0.1, 0.15) is 36.4 Å². The fourth-order valence-corrected chi connectivity index (χ4v) is 3.93. The van der Waals surface area contributed by atoms with Gasteiger partial charge in [-0.2, -0.15) is 0 Å². The number of para-hydroxylation sites is 1. The molecule has 26 heavy (non-hydrogen) atoms. The van der Waals surface area contributed by atoms with Gasteiger partial charge in [0.15, 0.2) is 0 Å². The van der Waals surface area contributed by atoms with Gasteiger partial charge in [-0.25, -0.2) is 4.98 Å². The second-order valence-electron chi connectivity index (χ2n) is 6.73. The van der Waals surface area contributed by atoms with Gasteiger partial charge in [-0.15, -0.1) is 11.3 Å². The van der Waals surface area contributed by atoms with Crippen LogP contribution in [0.4, 0.5) is 0 Å². The van der Waals surface area contributed by atoms with Crippen LogP contribution >= 0.6 is 11.3 Å². The quantitative estimate of drug-likeness (QED) is 0.680. The van der Waals surface area contributed by atoms with Gasteiger partial charge in [-0.05, 0) is 37.6 Å². The number of nitrogens with zero attached hydrogens (tertiary/aromatic N) is 2. The van der Waals surface area contributed by atoms with Crippen LogP contribution in [0.2, 0.25) is 0 Å². The minimum absolute atomic E-state index is 0.0447. The minimum Gasteiger partial charge on any atom is -0.354 e. The molecule has 0 unspecified atom stereocenters. The number of aromatic nitrogens is 1. The van der Waals surface area contributed by atoms with E-state index in [0.717, 1.165) is 10.5 Å². The lowest BCUT2D eigenvalue weighted by Crippen LogP contribution is -2.37. The normalized spacial score (nSPS) is 13.7. The molecule has 1 N–H and O–H groups in total. The zero-order valence-corrected chi connectivity index (χ0v) is 16.3. The SMILES string of the molecule is C[C@H](CNC(=O)CN(C)[C@@H](C)c1nc2ccccc2s1)c1ccccc1. The molecule has 136 valence electrons. The Morgan fingerprint density at radius 2 is 1.81 bits per heavy atom. The lowest BCUT2D eigenvalue weighted by atomic mass is 10.0. The molecule has 4 nitrogen and oxygen atoms in total. The number of thiazole rings is 1. The number of rotatable bonds is 7. The number of carbonyl (C=O) groups is 1. The predicted molar refractivity (Wildman–Crippen MR) is 109 cm³/mol. The fourth-order valence-electron chi connectivity index (χ4n) is 2.84. The van der Waals surface area contributed by atoms with E-state index < -0.39 is 0 Å². The molecule has 0 fully saturated rings. The van der Waals surface area contributed by atoms with Gasteiger partial charge >= 0.3 is 0 Å². The van der Waals surface area contributed by atoms with Crippen LogP contribution in [-0.4, -0.2) is 35.9 Å². The zero-order chi connectivity index (χ0) is 18.5. The molecule has 1 heterocycles. The maximum Gasteiger partial charge on any atom is 0.234 e. The van der Waals surface area contributed by atoms with Crippen molar-refractivity contribution >= 4 is 27.5 Å². The summed E-state index contributed by atoms with van der Waals surface area (Å²) in [7, 11) is 1.97. The molecule has 0 saturated carbocycles. The third kappa shape index (κ3) is 4.48. The summed E-state index contributed by atoms with van der Waals surface area (Å²) >= 11 is 1.69. The maximum absolute atomic E-state index is 12.3. The Balaban J connectivity index is 1.53. The Morgan fingerprint density at radius 1 is 1.12 bits per heavy atom. The molecule has 2 aromatic carbocycles. The van der Waals surface area contributed by atoms with Gasteiger partial charge in [0.05, 0.1) is 22.8 Å². The second kappa shape index (κ2) is 8.43. The van der Waals surface area contributed by atoms with Crippen molar-refractivity contribution in [1.82, 2.24) is 15.2 Å². The average molecular weight is 368 g/mol. The van der Waals surface area contributed by atoms with E-state index in [-0.39, 0.29) is 11.9 Å². The number of nitrogens with one attached hydrogen (secondary N) is 1. The largest absolute Gasteiger partial charge is 0.354 e. The van der Waals surface area contributed by atoms with Crippen molar-refractivity contribution in [2.45, 2.75) is 25.8 Å². The van der Waals surface area contributed by atoms with Crippen molar-refractivity contribution in [3.8, 4) is 0 Å². The molecule has 3 aromatic rings. The Hall–Kier alpha value is -2.24.